The lowest BCUT2D eigenvalue weighted by Crippen LogP contribution is -2.30. The number of ether oxygens (including phenoxy) is 2. The van der Waals surface area contributed by atoms with Crippen LogP contribution in [0.5, 0.6) is 0 Å². The maximum atomic E-state index is 11.4. The summed E-state index contributed by atoms with van der Waals surface area (Å²) in [5.41, 5.74) is 1.79. The monoisotopic (exact) mass is 232 g/mol. The molecule has 4 nitrogen and oxygen atoms in total. The molecule has 2 heterocycles. The smallest absolute Gasteiger partial charge is 0.309 e. The molecule has 0 atom stereocenters. The number of benzene rings is 1. The lowest BCUT2D eigenvalue weighted by molar-refractivity contribution is -0.210. The van der Waals surface area contributed by atoms with Crippen LogP contribution in [-0.4, -0.2) is 11.9 Å². The fourth-order valence-corrected chi connectivity index (χ4v) is 2.57. The van der Waals surface area contributed by atoms with Gasteiger partial charge in [-0.15, -0.1) is 0 Å². The number of aryl methyl sites for hydroxylation is 1. The van der Waals surface area contributed by atoms with Gasteiger partial charge in [0.15, 0.2) is 0 Å². The number of carbonyl (C=O) groups is 2. The third kappa shape index (κ3) is 1.44. The molecule has 2 fully saturated rings. The van der Waals surface area contributed by atoms with Gasteiger partial charge in [0.05, 0.1) is 18.8 Å². The van der Waals surface area contributed by atoms with E-state index in [1.54, 1.807) is 0 Å². The molecule has 2 aliphatic rings. The second-order valence-corrected chi connectivity index (χ2v) is 4.59. The Balaban J connectivity index is 2.09. The van der Waals surface area contributed by atoms with E-state index in [0.717, 1.165) is 11.1 Å². The maximum Gasteiger partial charge on any atom is 0.309 e. The Bertz CT molecular complexity index is 486. The Morgan fingerprint density at radius 3 is 2.41 bits per heavy atom. The molecule has 4 heteroatoms. The first-order chi connectivity index (χ1) is 8.10. The van der Waals surface area contributed by atoms with Gasteiger partial charge in [0.1, 0.15) is 0 Å². The summed E-state index contributed by atoms with van der Waals surface area (Å²) >= 11 is 0. The highest BCUT2D eigenvalue weighted by molar-refractivity contribution is 5.80. The minimum atomic E-state index is -1.17. The van der Waals surface area contributed by atoms with Crippen LogP contribution in [0.1, 0.15) is 24.0 Å². The van der Waals surface area contributed by atoms with Crippen LogP contribution in [-0.2, 0) is 24.8 Å². The number of hydrogen-bond donors (Lipinski definition) is 0. The topological polar surface area (TPSA) is 52.6 Å². The standard InChI is InChI=1S/C13H12O4/c1-8-3-2-4-9(5-8)13-10(6-11(14)16-13)7-12(15)17-13/h2-5,10H,6-7H2,1H3. The molecule has 0 radical (unpaired) electrons. The van der Waals surface area contributed by atoms with Crippen molar-refractivity contribution in [3.8, 4) is 0 Å². The SMILES string of the molecule is Cc1cccc(C23OC(=O)CC2CC(=O)O3)c1. The van der Waals surface area contributed by atoms with Crippen LogP contribution in [0.15, 0.2) is 24.3 Å². The Kier molecular flexibility index (Phi) is 2.02. The van der Waals surface area contributed by atoms with Gasteiger partial charge in [-0.05, 0) is 13.0 Å². The van der Waals surface area contributed by atoms with Crippen LogP contribution in [0.25, 0.3) is 0 Å². The van der Waals surface area contributed by atoms with Crippen LogP contribution >= 0.6 is 0 Å². The number of rotatable bonds is 1. The average Bonchev–Trinajstić information content (AvgIpc) is 2.70. The molecule has 2 saturated heterocycles. The molecule has 0 N–H and O–H groups in total. The van der Waals surface area contributed by atoms with E-state index in [-0.39, 0.29) is 30.7 Å². The molecule has 2 aliphatic heterocycles. The summed E-state index contributed by atoms with van der Waals surface area (Å²) in [6, 6.07) is 7.54. The number of esters is 2. The Morgan fingerprint density at radius 1 is 1.18 bits per heavy atom. The van der Waals surface area contributed by atoms with Crippen molar-refractivity contribution in [3.63, 3.8) is 0 Å². The van der Waals surface area contributed by atoms with E-state index in [1.165, 1.54) is 0 Å². The highest BCUT2D eigenvalue weighted by Crippen LogP contribution is 2.49. The van der Waals surface area contributed by atoms with Crippen molar-refractivity contribution in [3.05, 3.63) is 35.4 Å². The van der Waals surface area contributed by atoms with E-state index in [0.29, 0.717) is 0 Å². The van der Waals surface area contributed by atoms with Crippen molar-refractivity contribution < 1.29 is 19.1 Å². The van der Waals surface area contributed by atoms with E-state index < -0.39 is 5.79 Å². The highest BCUT2D eigenvalue weighted by Gasteiger charge is 2.59. The molecule has 17 heavy (non-hydrogen) atoms. The zero-order chi connectivity index (χ0) is 12.0. The van der Waals surface area contributed by atoms with Crippen molar-refractivity contribution in [1.82, 2.24) is 0 Å². The molecule has 1 aromatic carbocycles. The summed E-state index contributed by atoms with van der Waals surface area (Å²) in [5, 5.41) is 0. The quantitative estimate of drug-likeness (QED) is 0.691. The molecular weight excluding hydrogens is 220 g/mol. The van der Waals surface area contributed by atoms with Crippen LogP contribution in [0.3, 0.4) is 0 Å². The Labute approximate surface area is 98.5 Å². The average molecular weight is 232 g/mol. The largest absolute Gasteiger partial charge is 0.418 e. The molecule has 0 saturated carbocycles. The third-order valence-corrected chi connectivity index (χ3v) is 3.31. The van der Waals surface area contributed by atoms with Crippen molar-refractivity contribution in [2.45, 2.75) is 25.6 Å². The maximum absolute atomic E-state index is 11.4. The van der Waals surface area contributed by atoms with Gasteiger partial charge in [-0.2, -0.15) is 0 Å². The summed E-state index contributed by atoms with van der Waals surface area (Å²) in [6.07, 6.45) is 0.499. The van der Waals surface area contributed by atoms with Gasteiger partial charge in [0.25, 0.3) is 5.79 Å². The van der Waals surface area contributed by atoms with E-state index in [9.17, 15) is 9.59 Å². The number of hydrogen-bond acceptors (Lipinski definition) is 4. The minimum Gasteiger partial charge on any atom is -0.418 e. The normalized spacial score (nSPS) is 31.0. The predicted octanol–water partition coefficient (Wildman–Crippen LogP) is 1.66. The number of carbonyl (C=O) groups excluding carboxylic acids is 2. The van der Waals surface area contributed by atoms with Crippen LogP contribution in [0, 0.1) is 12.8 Å². The molecule has 0 amide bonds. The summed E-state index contributed by atoms with van der Waals surface area (Å²) < 4.78 is 10.6. The molecule has 0 bridgehead atoms. The summed E-state index contributed by atoms with van der Waals surface area (Å²) in [7, 11) is 0. The second kappa shape index (κ2) is 3.32. The lowest BCUT2D eigenvalue weighted by Gasteiger charge is -2.26. The van der Waals surface area contributed by atoms with Crippen LogP contribution < -0.4 is 0 Å². The zero-order valence-electron chi connectivity index (χ0n) is 9.43. The van der Waals surface area contributed by atoms with Crippen molar-refractivity contribution in [2.24, 2.45) is 5.92 Å². The lowest BCUT2D eigenvalue weighted by atomic mass is 9.90. The molecule has 1 aromatic rings. The van der Waals surface area contributed by atoms with Gasteiger partial charge < -0.3 is 9.47 Å². The van der Waals surface area contributed by atoms with E-state index in [2.05, 4.69) is 0 Å². The third-order valence-electron chi connectivity index (χ3n) is 3.31. The minimum absolute atomic E-state index is 0.190. The predicted molar refractivity (Wildman–Crippen MR) is 57.8 cm³/mol. The van der Waals surface area contributed by atoms with Gasteiger partial charge in [-0.3, -0.25) is 9.59 Å². The molecular formula is C13H12O4. The first-order valence-electron chi connectivity index (χ1n) is 5.61. The molecule has 0 spiro atoms. The molecule has 88 valence electrons. The fraction of sp³-hybridized carbons (Fsp3) is 0.385. The van der Waals surface area contributed by atoms with Crippen molar-refractivity contribution in [2.75, 3.05) is 0 Å². The molecule has 0 unspecified atom stereocenters. The first kappa shape index (κ1) is 10.3. The van der Waals surface area contributed by atoms with Crippen molar-refractivity contribution in [1.29, 1.82) is 0 Å². The highest BCUT2D eigenvalue weighted by atomic mass is 16.7. The van der Waals surface area contributed by atoms with Crippen molar-refractivity contribution >= 4 is 11.9 Å². The summed E-state index contributed by atoms with van der Waals surface area (Å²) in [5.74, 6) is -1.96. The van der Waals surface area contributed by atoms with Gasteiger partial charge in [-0.25, -0.2) is 0 Å². The van der Waals surface area contributed by atoms with Gasteiger partial charge in [0, 0.05) is 5.56 Å². The Hall–Kier alpha value is -1.84. The molecule has 0 aliphatic carbocycles. The van der Waals surface area contributed by atoms with E-state index >= 15 is 0 Å². The summed E-state index contributed by atoms with van der Waals surface area (Å²) in [4.78, 5) is 22.8. The zero-order valence-corrected chi connectivity index (χ0v) is 9.43. The van der Waals surface area contributed by atoms with E-state index in [4.69, 9.17) is 9.47 Å². The van der Waals surface area contributed by atoms with E-state index in [1.807, 2.05) is 31.2 Å². The number of fused-ring (bicyclic) bond motifs is 1. The molecule has 0 aromatic heterocycles. The molecule has 3 rings (SSSR count). The van der Waals surface area contributed by atoms with Gasteiger partial charge >= 0.3 is 11.9 Å². The first-order valence-corrected chi connectivity index (χ1v) is 5.61. The van der Waals surface area contributed by atoms with Crippen LogP contribution in [0.2, 0.25) is 0 Å². The summed E-state index contributed by atoms with van der Waals surface area (Å²) in [6.45, 7) is 1.95. The van der Waals surface area contributed by atoms with Gasteiger partial charge in [-0.1, -0.05) is 23.8 Å². The fourth-order valence-electron chi connectivity index (χ4n) is 2.57. The second-order valence-electron chi connectivity index (χ2n) is 4.59. The Morgan fingerprint density at radius 2 is 1.82 bits per heavy atom. The van der Waals surface area contributed by atoms with Gasteiger partial charge in [0.2, 0.25) is 0 Å². The van der Waals surface area contributed by atoms with Crippen LogP contribution in [0.4, 0.5) is 0 Å².